The van der Waals surface area contributed by atoms with Gasteiger partial charge in [0.15, 0.2) is 0 Å². The summed E-state index contributed by atoms with van der Waals surface area (Å²) in [7, 11) is 0. The number of carbonyl (C=O) groups excluding carboxylic acids is 1. The molecule has 0 bridgehead atoms. The summed E-state index contributed by atoms with van der Waals surface area (Å²) in [5.41, 5.74) is 1.62. The number of fused-ring (bicyclic) bond motifs is 1. The summed E-state index contributed by atoms with van der Waals surface area (Å²) in [6.45, 7) is 4.03. The van der Waals surface area contributed by atoms with Crippen LogP contribution in [0.5, 0.6) is 0 Å². The SMILES string of the molecule is O=C(c1cncc(NCCCn2ccc3ccccc32)n1)N1CCOCC1. The molecule has 3 heterocycles. The van der Waals surface area contributed by atoms with E-state index in [-0.39, 0.29) is 5.91 Å². The van der Waals surface area contributed by atoms with Gasteiger partial charge in [-0.25, -0.2) is 4.98 Å². The molecule has 27 heavy (non-hydrogen) atoms. The molecular formula is C20H23N5O2. The summed E-state index contributed by atoms with van der Waals surface area (Å²) < 4.78 is 7.54. The van der Waals surface area contributed by atoms with Crippen LogP contribution in [-0.4, -0.2) is 58.2 Å². The van der Waals surface area contributed by atoms with Gasteiger partial charge < -0.3 is 19.5 Å². The number of anilines is 1. The number of nitrogens with zero attached hydrogens (tertiary/aromatic N) is 4. The number of rotatable bonds is 6. The van der Waals surface area contributed by atoms with Crippen LogP contribution in [0, 0.1) is 0 Å². The third-order valence-electron chi connectivity index (χ3n) is 4.71. The molecule has 1 aliphatic heterocycles. The Morgan fingerprint density at radius 3 is 2.89 bits per heavy atom. The van der Waals surface area contributed by atoms with Crippen molar-refractivity contribution in [1.29, 1.82) is 0 Å². The van der Waals surface area contributed by atoms with Gasteiger partial charge in [0.05, 0.1) is 25.6 Å². The molecule has 1 N–H and O–H groups in total. The molecule has 1 amide bonds. The number of hydrogen-bond acceptors (Lipinski definition) is 5. The zero-order valence-electron chi connectivity index (χ0n) is 15.2. The Morgan fingerprint density at radius 1 is 1.15 bits per heavy atom. The molecule has 2 aromatic heterocycles. The lowest BCUT2D eigenvalue weighted by molar-refractivity contribution is 0.0299. The molecule has 1 aromatic carbocycles. The molecule has 7 nitrogen and oxygen atoms in total. The topological polar surface area (TPSA) is 72.3 Å². The van der Waals surface area contributed by atoms with Crippen molar-refractivity contribution >= 4 is 22.6 Å². The Kier molecular flexibility index (Phi) is 5.29. The summed E-state index contributed by atoms with van der Waals surface area (Å²) in [6.07, 6.45) is 6.24. The Bertz CT molecular complexity index is 917. The van der Waals surface area contributed by atoms with E-state index in [1.807, 2.05) is 0 Å². The predicted molar refractivity (Wildman–Crippen MR) is 104 cm³/mol. The van der Waals surface area contributed by atoms with Crippen molar-refractivity contribution in [1.82, 2.24) is 19.4 Å². The second kappa shape index (κ2) is 8.18. The van der Waals surface area contributed by atoms with Crippen molar-refractivity contribution in [3.05, 3.63) is 54.6 Å². The lowest BCUT2D eigenvalue weighted by atomic mass is 10.2. The average Bonchev–Trinajstić information content (AvgIpc) is 3.15. The summed E-state index contributed by atoms with van der Waals surface area (Å²) in [5.74, 6) is 0.541. The summed E-state index contributed by atoms with van der Waals surface area (Å²) >= 11 is 0. The van der Waals surface area contributed by atoms with Crippen molar-refractivity contribution in [3.8, 4) is 0 Å². The number of amides is 1. The van der Waals surface area contributed by atoms with Gasteiger partial charge >= 0.3 is 0 Å². The third-order valence-corrected chi connectivity index (χ3v) is 4.71. The molecule has 140 valence electrons. The lowest BCUT2D eigenvalue weighted by Gasteiger charge is -2.26. The van der Waals surface area contributed by atoms with Crippen molar-refractivity contribution < 1.29 is 9.53 Å². The molecule has 0 radical (unpaired) electrons. The maximum absolute atomic E-state index is 12.5. The molecule has 7 heteroatoms. The minimum Gasteiger partial charge on any atom is -0.378 e. The third kappa shape index (κ3) is 4.09. The number of aromatic nitrogens is 3. The van der Waals surface area contributed by atoms with E-state index in [1.165, 1.54) is 17.1 Å². The van der Waals surface area contributed by atoms with Gasteiger partial charge in [0.2, 0.25) is 0 Å². The lowest BCUT2D eigenvalue weighted by Crippen LogP contribution is -2.41. The van der Waals surface area contributed by atoms with Crippen LogP contribution in [0.2, 0.25) is 0 Å². The van der Waals surface area contributed by atoms with Gasteiger partial charge in [-0.05, 0) is 23.9 Å². The molecule has 3 aromatic rings. The van der Waals surface area contributed by atoms with Crippen LogP contribution in [-0.2, 0) is 11.3 Å². The Hall–Kier alpha value is -2.93. The van der Waals surface area contributed by atoms with E-state index in [0.717, 1.165) is 19.5 Å². The summed E-state index contributed by atoms with van der Waals surface area (Å²) in [5, 5.41) is 4.53. The van der Waals surface area contributed by atoms with E-state index in [1.54, 1.807) is 11.1 Å². The van der Waals surface area contributed by atoms with Gasteiger partial charge in [0.25, 0.3) is 5.91 Å². The molecule has 0 saturated carbocycles. The van der Waals surface area contributed by atoms with Gasteiger partial charge in [-0.1, -0.05) is 18.2 Å². The number of hydrogen-bond donors (Lipinski definition) is 1. The predicted octanol–water partition coefficient (Wildman–Crippen LogP) is 2.41. The monoisotopic (exact) mass is 365 g/mol. The molecule has 4 rings (SSSR count). The van der Waals surface area contributed by atoms with Crippen molar-refractivity contribution in [3.63, 3.8) is 0 Å². The minimum atomic E-state index is -0.0896. The number of benzene rings is 1. The molecule has 1 aliphatic rings. The Balaban J connectivity index is 1.31. The van der Waals surface area contributed by atoms with E-state index in [2.05, 4.69) is 56.4 Å². The summed E-state index contributed by atoms with van der Waals surface area (Å²) in [4.78, 5) is 22.8. The number of para-hydroxylation sites is 1. The van der Waals surface area contributed by atoms with Crippen LogP contribution in [0.3, 0.4) is 0 Å². The fraction of sp³-hybridized carbons (Fsp3) is 0.350. The Labute approximate surface area is 158 Å². The second-order valence-corrected chi connectivity index (χ2v) is 6.54. The van der Waals surface area contributed by atoms with Crippen LogP contribution in [0.1, 0.15) is 16.9 Å². The largest absolute Gasteiger partial charge is 0.378 e. The highest BCUT2D eigenvalue weighted by Gasteiger charge is 2.20. The molecule has 0 spiro atoms. The number of aryl methyl sites for hydroxylation is 1. The standard InChI is InChI=1S/C20H23N5O2/c26-20(25-10-12-27-13-11-25)17-14-21-15-19(23-17)22-7-3-8-24-9-6-16-4-1-2-5-18(16)24/h1-2,4-6,9,14-15H,3,7-8,10-13H2,(H,22,23). The first-order valence-corrected chi connectivity index (χ1v) is 9.28. The molecule has 1 saturated heterocycles. The first kappa shape index (κ1) is 17.5. The van der Waals surface area contributed by atoms with Crippen molar-refractivity contribution in [2.24, 2.45) is 0 Å². The normalized spacial score (nSPS) is 14.4. The fourth-order valence-corrected chi connectivity index (χ4v) is 3.28. The number of nitrogens with one attached hydrogen (secondary N) is 1. The van der Waals surface area contributed by atoms with Crippen LogP contribution in [0.4, 0.5) is 5.82 Å². The molecule has 1 fully saturated rings. The van der Waals surface area contributed by atoms with Gasteiger partial charge in [0.1, 0.15) is 11.5 Å². The van der Waals surface area contributed by atoms with Crippen molar-refractivity contribution in [2.75, 3.05) is 38.2 Å². The van der Waals surface area contributed by atoms with E-state index < -0.39 is 0 Å². The second-order valence-electron chi connectivity index (χ2n) is 6.54. The first-order chi connectivity index (χ1) is 13.3. The smallest absolute Gasteiger partial charge is 0.274 e. The molecule has 0 unspecified atom stereocenters. The quantitative estimate of drug-likeness (QED) is 0.679. The number of ether oxygens (including phenoxy) is 1. The van der Waals surface area contributed by atoms with Crippen molar-refractivity contribution in [2.45, 2.75) is 13.0 Å². The molecule has 0 aliphatic carbocycles. The van der Waals surface area contributed by atoms with Crippen LogP contribution in [0.15, 0.2) is 48.9 Å². The van der Waals surface area contributed by atoms with Crippen LogP contribution >= 0.6 is 0 Å². The Morgan fingerprint density at radius 2 is 2.00 bits per heavy atom. The highest BCUT2D eigenvalue weighted by molar-refractivity contribution is 5.92. The highest BCUT2D eigenvalue weighted by atomic mass is 16.5. The van der Waals surface area contributed by atoms with Gasteiger partial charge in [-0.15, -0.1) is 0 Å². The van der Waals surface area contributed by atoms with E-state index in [4.69, 9.17) is 4.74 Å². The van der Waals surface area contributed by atoms with Gasteiger partial charge in [0, 0.05) is 37.9 Å². The molecular weight excluding hydrogens is 342 g/mol. The fourth-order valence-electron chi connectivity index (χ4n) is 3.28. The molecule has 0 atom stereocenters. The zero-order chi connectivity index (χ0) is 18.5. The van der Waals surface area contributed by atoms with Gasteiger partial charge in [-0.3, -0.25) is 9.78 Å². The maximum atomic E-state index is 12.5. The van der Waals surface area contributed by atoms with E-state index >= 15 is 0 Å². The number of carbonyl (C=O) groups is 1. The van der Waals surface area contributed by atoms with E-state index in [0.29, 0.717) is 37.8 Å². The summed E-state index contributed by atoms with van der Waals surface area (Å²) in [6, 6.07) is 10.5. The minimum absolute atomic E-state index is 0.0896. The van der Waals surface area contributed by atoms with Crippen LogP contribution in [0.25, 0.3) is 10.9 Å². The van der Waals surface area contributed by atoms with Crippen LogP contribution < -0.4 is 5.32 Å². The number of morpholine rings is 1. The van der Waals surface area contributed by atoms with E-state index in [9.17, 15) is 4.79 Å². The zero-order valence-corrected chi connectivity index (χ0v) is 15.2. The highest BCUT2D eigenvalue weighted by Crippen LogP contribution is 2.15. The average molecular weight is 365 g/mol. The maximum Gasteiger partial charge on any atom is 0.274 e. The first-order valence-electron chi connectivity index (χ1n) is 9.28. The van der Waals surface area contributed by atoms with Gasteiger partial charge in [-0.2, -0.15) is 0 Å².